The fraction of sp³-hybridized carbons (Fsp3) is 0.300. The van der Waals surface area contributed by atoms with E-state index in [2.05, 4.69) is 10.6 Å². The van der Waals surface area contributed by atoms with Crippen molar-refractivity contribution in [1.29, 1.82) is 0 Å². The zero-order valence-electron chi connectivity index (χ0n) is 14.8. The number of anilines is 1. The standard InChI is InChI=1S/C20H24N2O3/c1-20(2,3)25-18(23)13-15-9-11-17(12-10-15)22-19(24)21-14-16-7-5-4-6-8-16/h4-12H,13-14H2,1-3H3,(H2,21,22,24). The molecule has 0 aliphatic carbocycles. The van der Waals surface area contributed by atoms with Gasteiger partial charge in [-0.2, -0.15) is 0 Å². The summed E-state index contributed by atoms with van der Waals surface area (Å²) in [5, 5.41) is 5.56. The summed E-state index contributed by atoms with van der Waals surface area (Å²) in [7, 11) is 0. The third-order valence-electron chi connectivity index (χ3n) is 3.28. The predicted molar refractivity (Wildman–Crippen MR) is 98.3 cm³/mol. The molecule has 25 heavy (non-hydrogen) atoms. The normalized spacial score (nSPS) is 10.8. The average Bonchev–Trinajstić information content (AvgIpc) is 2.54. The number of esters is 1. The number of amides is 2. The molecule has 5 heteroatoms. The summed E-state index contributed by atoms with van der Waals surface area (Å²) in [6, 6.07) is 16.6. The van der Waals surface area contributed by atoms with Crippen LogP contribution in [-0.4, -0.2) is 17.6 Å². The molecule has 0 bridgehead atoms. The minimum absolute atomic E-state index is 0.206. The lowest BCUT2D eigenvalue weighted by Crippen LogP contribution is -2.28. The maximum absolute atomic E-state index is 11.9. The van der Waals surface area contributed by atoms with Crippen molar-refractivity contribution in [3.63, 3.8) is 0 Å². The number of ether oxygens (including phenoxy) is 1. The van der Waals surface area contributed by atoms with Crippen molar-refractivity contribution in [1.82, 2.24) is 5.32 Å². The molecule has 132 valence electrons. The molecule has 0 fully saturated rings. The first-order chi connectivity index (χ1) is 11.8. The van der Waals surface area contributed by atoms with E-state index in [0.717, 1.165) is 11.1 Å². The largest absolute Gasteiger partial charge is 0.460 e. The van der Waals surface area contributed by atoms with E-state index in [9.17, 15) is 9.59 Å². The van der Waals surface area contributed by atoms with Gasteiger partial charge in [0.25, 0.3) is 0 Å². The predicted octanol–water partition coefficient (Wildman–Crippen LogP) is 3.89. The Balaban J connectivity index is 1.81. The SMILES string of the molecule is CC(C)(C)OC(=O)Cc1ccc(NC(=O)NCc2ccccc2)cc1. The Hall–Kier alpha value is -2.82. The summed E-state index contributed by atoms with van der Waals surface area (Å²) < 4.78 is 5.29. The number of rotatable bonds is 5. The van der Waals surface area contributed by atoms with Gasteiger partial charge in [0, 0.05) is 12.2 Å². The summed E-state index contributed by atoms with van der Waals surface area (Å²) in [6.07, 6.45) is 0.206. The van der Waals surface area contributed by atoms with Crippen LogP contribution < -0.4 is 10.6 Å². The van der Waals surface area contributed by atoms with Crippen molar-refractivity contribution in [2.75, 3.05) is 5.32 Å². The topological polar surface area (TPSA) is 67.4 Å². The van der Waals surface area contributed by atoms with Crippen LogP contribution in [0.4, 0.5) is 10.5 Å². The number of nitrogens with one attached hydrogen (secondary N) is 2. The molecule has 0 saturated carbocycles. The van der Waals surface area contributed by atoms with E-state index in [1.807, 2.05) is 51.1 Å². The first-order valence-corrected chi connectivity index (χ1v) is 8.21. The van der Waals surface area contributed by atoms with Gasteiger partial charge in [-0.1, -0.05) is 42.5 Å². The van der Waals surface area contributed by atoms with Crippen LogP contribution >= 0.6 is 0 Å². The highest BCUT2D eigenvalue weighted by molar-refractivity contribution is 5.89. The summed E-state index contributed by atoms with van der Waals surface area (Å²) in [4.78, 5) is 23.7. The minimum atomic E-state index is -0.491. The van der Waals surface area contributed by atoms with Gasteiger partial charge in [0.15, 0.2) is 0 Å². The fourth-order valence-corrected chi connectivity index (χ4v) is 2.20. The fourth-order valence-electron chi connectivity index (χ4n) is 2.20. The molecule has 2 aromatic rings. The van der Waals surface area contributed by atoms with Crippen molar-refractivity contribution >= 4 is 17.7 Å². The van der Waals surface area contributed by atoms with Crippen molar-refractivity contribution < 1.29 is 14.3 Å². The van der Waals surface area contributed by atoms with Gasteiger partial charge in [-0.15, -0.1) is 0 Å². The minimum Gasteiger partial charge on any atom is -0.460 e. The van der Waals surface area contributed by atoms with Gasteiger partial charge in [-0.05, 0) is 44.0 Å². The zero-order valence-corrected chi connectivity index (χ0v) is 14.8. The second-order valence-electron chi connectivity index (χ2n) is 6.75. The Morgan fingerprint density at radius 3 is 2.16 bits per heavy atom. The Bertz CT molecular complexity index is 704. The van der Waals surface area contributed by atoms with E-state index in [4.69, 9.17) is 4.74 Å². The molecule has 0 saturated heterocycles. The van der Waals surface area contributed by atoms with E-state index in [1.54, 1.807) is 24.3 Å². The molecule has 0 aliphatic rings. The molecular weight excluding hydrogens is 316 g/mol. The van der Waals surface area contributed by atoms with E-state index in [-0.39, 0.29) is 18.4 Å². The van der Waals surface area contributed by atoms with Crippen LogP contribution in [-0.2, 0) is 22.5 Å². The van der Waals surface area contributed by atoms with Crippen LogP contribution in [0.1, 0.15) is 31.9 Å². The molecule has 0 spiro atoms. The average molecular weight is 340 g/mol. The Kier molecular flexibility index (Phi) is 6.17. The third kappa shape index (κ3) is 7.08. The molecule has 5 nitrogen and oxygen atoms in total. The first-order valence-electron chi connectivity index (χ1n) is 8.21. The molecule has 2 amide bonds. The number of benzene rings is 2. The molecule has 0 unspecified atom stereocenters. The van der Waals surface area contributed by atoms with Gasteiger partial charge < -0.3 is 15.4 Å². The van der Waals surface area contributed by atoms with Crippen LogP contribution in [0, 0.1) is 0 Å². The summed E-state index contributed by atoms with van der Waals surface area (Å²) in [5.41, 5.74) is 2.04. The number of carbonyl (C=O) groups is 2. The van der Waals surface area contributed by atoms with Crippen molar-refractivity contribution in [3.8, 4) is 0 Å². The monoisotopic (exact) mass is 340 g/mol. The molecule has 0 radical (unpaired) electrons. The summed E-state index contributed by atoms with van der Waals surface area (Å²) in [5.74, 6) is -0.270. The number of urea groups is 1. The Labute approximate surface area is 148 Å². The van der Waals surface area contributed by atoms with E-state index < -0.39 is 5.60 Å². The lowest BCUT2D eigenvalue weighted by atomic mass is 10.1. The zero-order chi connectivity index (χ0) is 18.3. The van der Waals surface area contributed by atoms with Crippen molar-refractivity contribution in [3.05, 3.63) is 65.7 Å². The molecule has 2 N–H and O–H groups in total. The van der Waals surface area contributed by atoms with Gasteiger partial charge in [0.1, 0.15) is 5.60 Å². The van der Waals surface area contributed by atoms with Crippen molar-refractivity contribution in [2.24, 2.45) is 0 Å². The Morgan fingerprint density at radius 1 is 0.920 bits per heavy atom. The maximum atomic E-state index is 11.9. The van der Waals surface area contributed by atoms with E-state index >= 15 is 0 Å². The number of hydrogen-bond acceptors (Lipinski definition) is 3. The van der Waals surface area contributed by atoms with E-state index in [0.29, 0.717) is 12.2 Å². The van der Waals surface area contributed by atoms with Crippen LogP contribution in [0.15, 0.2) is 54.6 Å². The summed E-state index contributed by atoms with van der Waals surface area (Å²) >= 11 is 0. The first kappa shape index (κ1) is 18.5. The molecular formula is C20H24N2O3. The van der Waals surface area contributed by atoms with Crippen LogP contribution in [0.25, 0.3) is 0 Å². The molecule has 2 rings (SSSR count). The lowest BCUT2D eigenvalue weighted by Gasteiger charge is -2.19. The molecule has 0 aliphatic heterocycles. The van der Waals surface area contributed by atoms with Crippen LogP contribution in [0.3, 0.4) is 0 Å². The highest BCUT2D eigenvalue weighted by atomic mass is 16.6. The second kappa shape index (κ2) is 8.33. The molecule has 0 atom stereocenters. The molecule has 2 aromatic carbocycles. The number of hydrogen-bond donors (Lipinski definition) is 2. The smallest absolute Gasteiger partial charge is 0.319 e. The highest BCUT2D eigenvalue weighted by Crippen LogP contribution is 2.13. The van der Waals surface area contributed by atoms with Gasteiger partial charge in [-0.25, -0.2) is 4.79 Å². The van der Waals surface area contributed by atoms with E-state index in [1.165, 1.54) is 0 Å². The van der Waals surface area contributed by atoms with Gasteiger partial charge in [0.05, 0.1) is 6.42 Å². The van der Waals surface area contributed by atoms with Gasteiger partial charge >= 0.3 is 12.0 Å². The summed E-state index contributed by atoms with van der Waals surface area (Å²) in [6.45, 7) is 5.98. The lowest BCUT2D eigenvalue weighted by molar-refractivity contribution is -0.153. The second-order valence-corrected chi connectivity index (χ2v) is 6.75. The highest BCUT2D eigenvalue weighted by Gasteiger charge is 2.16. The van der Waals surface area contributed by atoms with Crippen LogP contribution in [0.2, 0.25) is 0 Å². The quantitative estimate of drug-likeness (QED) is 0.811. The Morgan fingerprint density at radius 2 is 1.56 bits per heavy atom. The van der Waals surface area contributed by atoms with Gasteiger partial charge in [-0.3, -0.25) is 4.79 Å². The molecule has 0 aromatic heterocycles. The van der Waals surface area contributed by atoms with Gasteiger partial charge in [0.2, 0.25) is 0 Å². The maximum Gasteiger partial charge on any atom is 0.319 e. The third-order valence-corrected chi connectivity index (χ3v) is 3.28. The van der Waals surface area contributed by atoms with Crippen molar-refractivity contribution in [2.45, 2.75) is 39.3 Å². The number of carbonyl (C=O) groups excluding carboxylic acids is 2. The molecule has 0 heterocycles. The van der Waals surface area contributed by atoms with Crippen LogP contribution in [0.5, 0.6) is 0 Å².